The van der Waals surface area contributed by atoms with Gasteiger partial charge >= 0.3 is 0 Å². The number of carbonyl (C=O) groups excluding carboxylic acids is 1. The van der Waals surface area contributed by atoms with Crippen LogP contribution in [0.25, 0.3) is 0 Å². The highest BCUT2D eigenvalue weighted by Crippen LogP contribution is 2.28. The first-order chi connectivity index (χ1) is 13.6. The van der Waals surface area contributed by atoms with E-state index in [0.717, 1.165) is 18.8 Å². The first-order valence-electron chi connectivity index (χ1n) is 9.64. The lowest BCUT2D eigenvalue weighted by Crippen LogP contribution is -2.30. The number of amides is 1. The van der Waals surface area contributed by atoms with E-state index in [4.69, 9.17) is 14.2 Å². The van der Waals surface area contributed by atoms with Gasteiger partial charge in [-0.25, -0.2) is 0 Å². The number of rotatable bonds is 7. The van der Waals surface area contributed by atoms with Gasteiger partial charge in [-0.2, -0.15) is 0 Å². The Labute approximate surface area is 166 Å². The highest BCUT2D eigenvalue weighted by atomic mass is 16.5. The molecular formula is C22H28N2O4. The van der Waals surface area contributed by atoms with Gasteiger partial charge in [-0.15, -0.1) is 0 Å². The van der Waals surface area contributed by atoms with Crippen LogP contribution in [0.5, 0.6) is 17.2 Å². The van der Waals surface area contributed by atoms with E-state index in [9.17, 15) is 4.79 Å². The van der Waals surface area contributed by atoms with E-state index in [0.29, 0.717) is 17.2 Å². The first-order valence-corrected chi connectivity index (χ1v) is 9.64. The lowest BCUT2D eigenvalue weighted by Gasteiger charge is -2.28. The smallest absolute Gasteiger partial charge is 0.265 e. The Kier molecular flexibility index (Phi) is 6.63. The third-order valence-corrected chi connectivity index (χ3v) is 4.86. The van der Waals surface area contributed by atoms with Gasteiger partial charge in [-0.1, -0.05) is 0 Å². The number of nitrogens with zero attached hydrogens (tertiary/aromatic N) is 1. The third kappa shape index (κ3) is 5.09. The molecule has 28 heavy (non-hydrogen) atoms. The summed E-state index contributed by atoms with van der Waals surface area (Å²) in [5.41, 5.74) is 1.95. The molecule has 1 atom stereocenters. The molecule has 1 aliphatic heterocycles. The fraction of sp³-hybridized carbons (Fsp3) is 0.409. The normalized spacial score (nSPS) is 14.9. The lowest BCUT2D eigenvalue weighted by molar-refractivity contribution is -0.122. The molecule has 0 aromatic heterocycles. The van der Waals surface area contributed by atoms with Gasteiger partial charge in [0, 0.05) is 42.7 Å². The van der Waals surface area contributed by atoms with Crippen LogP contribution in [0.1, 0.15) is 26.2 Å². The standard InChI is InChI=1S/C22H28N2O4/c1-16(28-21-14-19(26-2)13-20(15-21)27-3)22(25)23-17-7-9-18(10-8-17)24-11-5-4-6-12-24/h7-10,13-16H,4-6,11-12H2,1-3H3,(H,23,25)/t16-/m1/s1. The second-order valence-corrected chi connectivity index (χ2v) is 6.89. The molecule has 1 N–H and O–H groups in total. The van der Waals surface area contributed by atoms with Crippen LogP contribution in [-0.4, -0.2) is 39.3 Å². The molecule has 2 aromatic rings. The minimum atomic E-state index is -0.668. The predicted octanol–water partition coefficient (Wildman–Crippen LogP) is 4.10. The topological polar surface area (TPSA) is 60.0 Å². The third-order valence-electron chi connectivity index (χ3n) is 4.86. The van der Waals surface area contributed by atoms with Crippen LogP contribution in [0.3, 0.4) is 0 Å². The van der Waals surface area contributed by atoms with Crippen molar-refractivity contribution in [1.29, 1.82) is 0 Å². The van der Waals surface area contributed by atoms with Crippen molar-refractivity contribution < 1.29 is 19.0 Å². The molecule has 0 radical (unpaired) electrons. The number of methoxy groups -OCH3 is 2. The van der Waals surface area contributed by atoms with E-state index in [1.807, 2.05) is 12.1 Å². The van der Waals surface area contributed by atoms with E-state index >= 15 is 0 Å². The average molecular weight is 384 g/mol. The molecule has 150 valence electrons. The van der Waals surface area contributed by atoms with Crippen molar-refractivity contribution in [3.63, 3.8) is 0 Å². The van der Waals surface area contributed by atoms with Crippen LogP contribution in [0.2, 0.25) is 0 Å². The molecule has 2 aromatic carbocycles. The Morgan fingerprint density at radius 3 is 2.07 bits per heavy atom. The maximum absolute atomic E-state index is 12.5. The molecule has 1 heterocycles. The van der Waals surface area contributed by atoms with Gasteiger partial charge in [0.25, 0.3) is 5.91 Å². The molecule has 0 saturated carbocycles. The number of nitrogens with one attached hydrogen (secondary N) is 1. The molecule has 1 amide bonds. The SMILES string of the molecule is COc1cc(OC)cc(O[C@H](C)C(=O)Nc2ccc(N3CCCCC3)cc2)c1. The van der Waals surface area contributed by atoms with E-state index in [2.05, 4.69) is 22.3 Å². The molecule has 6 nitrogen and oxygen atoms in total. The van der Waals surface area contributed by atoms with Crippen LogP contribution in [0.4, 0.5) is 11.4 Å². The van der Waals surface area contributed by atoms with Crippen LogP contribution in [0, 0.1) is 0 Å². The summed E-state index contributed by atoms with van der Waals surface area (Å²) in [6.07, 6.45) is 3.12. The van der Waals surface area contributed by atoms with Gasteiger partial charge in [0.2, 0.25) is 0 Å². The maximum atomic E-state index is 12.5. The molecule has 1 fully saturated rings. The van der Waals surface area contributed by atoms with Crippen LogP contribution in [-0.2, 0) is 4.79 Å². The number of anilines is 2. The van der Waals surface area contributed by atoms with Crippen LogP contribution in [0.15, 0.2) is 42.5 Å². The summed E-state index contributed by atoms with van der Waals surface area (Å²) in [6.45, 7) is 3.91. The molecule has 0 bridgehead atoms. The number of carbonyl (C=O) groups is 1. The summed E-state index contributed by atoms with van der Waals surface area (Å²) in [6, 6.07) is 13.2. The summed E-state index contributed by atoms with van der Waals surface area (Å²) in [4.78, 5) is 14.9. The van der Waals surface area contributed by atoms with E-state index in [1.165, 1.54) is 24.9 Å². The molecule has 3 rings (SSSR count). The Balaban J connectivity index is 1.59. The van der Waals surface area contributed by atoms with Crippen molar-refractivity contribution in [2.45, 2.75) is 32.3 Å². The van der Waals surface area contributed by atoms with Crippen molar-refractivity contribution in [3.8, 4) is 17.2 Å². The van der Waals surface area contributed by atoms with E-state index in [1.54, 1.807) is 39.3 Å². The highest BCUT2D eigenvalue weighted by Gasteiger charge is 2.17. The number of hydrogen-bond acceptors (Lipinski definition) is 5. The summed E-state index contributed by atoms with van der Waals surface area (Å²) in [5.74, 6) is 1.51. The maximum Gasteiger partial charge on any atom is 0.265 e. The second-order valence-electron chi connectivity index (χ2n) is 6.89. The molecule has 6 heteroatoms. The summed E-state index contributed by atoms with van der Waals surface area (Å²) >= 11 is 0. The van der Waals surface area contributed by atoms with Crippen molar-refractivity contribution in [3.05, 3.63) is 42.5 Å². The minimum Gasteiger partial charge on any atom is -0.496 e. The molecular weight excluding hydrogens is 356 g/mol. The monoisotopic (exact) mass is 384 g/mol. The molecule has 1 saturated heterocycles. The highest BCUT2D eigenvalue weighted by molar-refractivity contribution is 5.94. The fourth-order valence-electron chi connectivity index (χ4n) is 3.26. The van der Waals surface area contributed by atoms with Crippen molar-refractivity contribution in [2.24, 2.45) is 0 Å². The van der Waals surface area contributed by atoms with Gasteiger partial charge in [0.15, 0.2) is 6.10 Å². The quantitative estimate of drug-likeness (QED) is 0.779. The van der Waals surface area contributed by atoms with Gasteiger partial charge in [-0.05, 0) is 50.5 Å². The number of benzene rings is 2. The molecule has 0 unspecified atom stereocenters. The average Bonchev–Trinajstić information content (AvgIpc) is 2.74. The zero-order valence-electron chi connectivity index (χ0n) is 16.7. The number of piperidine rings is 1. The summed E-state index contributed by atoms with van der Waals surface area (Å²) in [7, 11) is 3.14. The largest absolute Gasteiger partial charge is 0.496 e. The summed E-state index contributed by atoms with van der Waals surface area (Å²) in [5, 5.41) is 2.90. The van der Waals surface area contributed by atoms with E-state index in [-0.39, 0.29) is 5.91 Å². The Morgan fingerprint density at radius 1 is 0.929 bits per heavy atom. The Hall–Kier alpha value is -2.89. The van der Waals surface area contributed by atoms with Crippen molar-refractivity contribution in [2.75, 3.05) is 37.5 Å². The lowest BCUT2D eigenvalue weighted by atomic mass is 10.1. The second kappa shape index (κ2) is 9.35. The molecule has 0 spiro atoms. The molecule has 1 aliphatic rings. The Bertz CT molecular complexity index is 763. The van der Waals surface area contributed by atoms with E-state index < -0.39 is 6.10 Å². The van der Waals surface area contributed by atoms with Gasteiger partial charge < -0.3 is 24.4 Å². The number of ether oxygens (including phenoxy) is 3. The number of hydrogen-bond donors (Lipinski definition) is 1. The predicted molar refractivity (Wildman–Crippen MR) is 111 cm³/mol. The zero-order chi connectivity index (χ0) is 19.9. The fourth-order valence-corrected chi connectivity index (χ4v) is 3.26. The van der Waals surface area contributed by atoms with Gasteiger partial charge in [-0.3, -0.25) is 4.79 Å². The van der Waals surface area contributed by atoms with Crippen molar-refractivity contribution in [1.82, 2.24) is 0 Å². The van der Waals surface area contributed by atoms with Gasteiger partial charge in [0.1, 0.15) is 17.2 Å². The molecule has 0 aliphatic carbocycles. The minimum absolute atomic E-state index is 0.215. The van der Waals surface area contributed by atoms with Gasteiger partial charge in [0.05, 0.1) is 14.2 Å². The van der Waals surface area contributed by atoms with Crippen LogP contribution < -0.4 is 24.4 Å². The van der Waals surface area contributed by atoms with Crippen LogP contribution >= 0.6 is 0 Å². The Morgan fingerprint density at radius 2 is 1.50 bits per heavy atom. The zero-order valence-corrected chi connectivity index (χ0v) is 16.7. The summed E-state index contributed by atoms with van der Waals surface area (Å²) < 4.78 is 16.2. The first kappa shape index (κ1) is 19.9. The van der Waals surface area contributed by atoms with Crippen molar-refractivity contribution >= 4 is 17.3 Å².